The summed E-state index contributed by atoms with van der Waals surface area (Å²) in [4.78, 5) is 4.36. The molecule has 0 aromatic carbocycles. The molecule has 6 nitrogen and oxygen atoms in total. The third-order valence-corrected chi connectivity index (χ3v) is 4.28. The molecule has 0 saturated heterocycles. The van der Waals surface area contributed by atoms with Crippen molar-refractivity contribution in [3.8, 4) is 11.4 Å². The zero-order valence-electron chi connectivity index (χ0n) is 12.9. The minimum Gasteiger partial charge on any atom is -0.591 e. The van der Waals surface area contributed by atoms with E-state index in [9.17, 15) is 4.55 Å². The fraction of sp³-hybridized carbons (Fsp3) is 0.429. The molecule has 2 heterocycles. The van der Waals surface area contributed by atoms with Crippen LogP contribution in [-0.4, -0.2) is 35.0 Å². The van der Waals surface area contributed by atoms with Crippen LogP contribution in [0.25, 0.3) is 11.4 Å². The van der Waals surface area contributed by atoms with Crippen molar-refractivity contribution < 1.29 is 4.55 Å². The van der Waals surface area contributed by atoms with E-state index in [0.717, 1.165) is 17.0 Å². The largest absolute Gasteiger partial charge is 0.591 e. The van der Waals surface area contributed by atoms with Gasteiger partial charge in [0.05, 0.1) is 17.6 Å². The van der Waals surface area contributed by atoms with Gasteiger partial charge in [-0.3, -0.25) is 9.67 Å². The van der Waals surface area contributed by atoms with Crippen molar-refractivity contribution in [1.29, 1.82) is 0 Å². The molecule has 0 aliphatic carbocycles. The topological polar surface area (TPSA) is 79.0 Å². The van der Waals surface area contributed by atoms with Gasteiger partial charge in [-0.1, -0.05) is 9.61 Å². The van der Waals surface area contributed by atoms with E-state index in [2.05, 4.69) is 19.7 Å². The molecule has 0 fully saturated rings. The zero-order valence-corrected chi connectivity index (χ0v) is 13.7. The van der Waals surface area contributed by atoms with E-state index in [-0.39, 0.29) is 4.75 Å². The molecule has 21 heavy (non-hydrogen) atoms. The minimum atomic E-state index is -1.27. The van der Waals surface area contributed by atoms with E-state index in [1.54, 1.807) is 17.1 Å². The van der Waals surface area contributed by atoms with Crippen molar-refractivity contribution in [3.05, 3.63) is 30.1 Å². The van der Waals surface area contributed by atoms with E-state index in [1.807, 2.05) is 46.9 Å². The Labute approximate surface area is 127 Å². The van der Waals surface area contributed by atoms with Crippen LogP contribution in [0.1, 0.15) is 33.3 Å². The van der Waals surface area contributed by atoms with E-state index in [1.165, 1.54) is 0 Å². The van der Waals surface area contributed by atoms with Crippen LogP contribution in [0.4, 0.5) is 0 Å². The molecule has 0 saturated carbocycles. The van der Waals surface area contributed by atoms with Gasteiger partial charge in [0.15, 0.2) is 0 Å². The van der Waals surface area contributed by atoms with E-state index < -0.39 is 11.4 Å². The zero-order chi connectivity index (χ0) is 15.6. The molecular formula is C14H19N5OS. The Morgan fingerprint density at radius 1 is 1.29 bits per heavy atom. The first kappa shape index (κ1) is 15.7. The number of hydrogen-bond donors (Lipinski definition) is 0. The van der Waals surface area contributed by atoms with Gasteiger partial charge in [-0.25, -0.2) is 0 Å². The average molecular weight is 305 g/mol. The highest BCUT2D eigenvalue weighted by Gasteiger charge is 2.26. The lowest BCUT2D eigenvalue weighted by Gasteiger charge is -2.18. The van der Waals surface area contributed by atoms with Crippen molar-refractivity contribution >= 4 is 17.1 Å². The van der Waals surface area contributed by atoms with Gasteiger partial charge >= 0.3 is 0 Å². The Morgan fingerprint density at radius 3 is 2.48 bits per heavy atom. The summed E-state index contributed by atoms with van der Waals surface area (Å²) in [6.45, 7) is 7.53. The molecule has 2 rings (SSSR count). The number of hydrogen-bond acceptors (Lipinski definition) is 5. The highest BCUT2D eigenvalue weighted by atomic mass is 32.2. The van der Waals surface area contributed by atoms with Gasteiger partial charge in [0.2, 0.25) is 0 Å². The van der Waals surface area contributed by atoms with Crippen LogP contribution in [0.2, 0.25) is 0 Å². The molecular weight excluding hydrogens is 286 g/mol. The first-order chi connectivity index (χ1) is 9.77. The van der Waals surface area contributed by atoms with Gasteiger partial charge in [0, 0.05) is 18.8 Å². The number of aryl methyl sites for hydroxylation is 1. The number of nitrogens with zero attached hydrogens (tertiary/aromatic N) is 5. The first-order valence-corrected chi connectivity index (χ1v) is 7.68. The van der Waals surface area contributed by atoms with Gasteiger partial charge in [-0.2, -0.15) is 0 Å². The Morgan fingerprint density at radius 2 is 2.00 bits per heavy atom. The maximum atomic E-state index is 12.0. The van der Waals surface area contributed by atoms with Crippen molar-refractivity contribution in [2.24, 2.45) is 11.4 Å². The van der Waals surface area contributed by atoms with Crippen LogP contribution in [0.3, 0.4) is 0 Å². The summed E-state index contributed by atoms with van der Waals surface area (Å²) < 4.78 is 17.5. The summed E-state index contributed by atoms with van der Waals surface area (Å²) in [7, 11) is 1.81. The fourth-order valence-electron chi connectivity index (χ4n) is 1.54. The summed E-state index contributed by atoms with van der Waals surface area (Å²) in [6, 6.07) is 3.76. The molecule has 0 unspecified atom stereocenters. The third kappa shape index (κ3) is 3.89. The number of rotatable bonds is 3. The van der Waals surface area contributed by atoms with Crippen molar-refractivity contribution in [2.75, 3.05) is 0 Å². The number of pyridine rings is 1. The molecule has 0 aliphatic rings. The third-order valence-electron chi connectivity index (χ3n) is 2.79. The highest BCUT2D eigenvalue weighted by Crippen LogP contribution is 2.19. The van der Waals surface area contributed by atoms with E-state index >= 15 is 0 Å². The van der Waals surface area contributed by atoms with E-state index in [4.69, 9.17) is 0 Å². The Hall–Kier alpha value is -1.73. The van der Waals surface area contributed by atoms with Crippen LogP contribution in [0, 0.1) is 0 Å². The quantitative estimate of drug-likeness (QED) is 0.643. The Balaban J connectivity index is 2.21. The molecule has 0 spiro atoms. The average Bonchev–Trinajstić information content (AvgIpc) is 2.84. The molecule has 2 aromatic rings. The smallest absolute Gasteiger partial charge is 0.144 e. The predicted octanol–water partition coefficient (Wildman–Crippen LogP) is 2.15. The molecule has 0 N–H and O–H groups in total. The second kappa shape index (κ2) is 5.95. The van der Waals surface area contributed by atoms with Gasteiger partial charge in [-0.15, -0.1) is 5.10 Å². The monoisotopic (exact) mass is 305 g/mol. The predicted molar refractivity (Wildman–Crippen MR) is 84.3 cm³/mol. The molecule has 1 atom stereocenters. The Kier molecular flexibility index (Phi) is 4.43. The summed E-state index contributed by atoms with van der Waals surface area (Å²) >= 11 is -1.27. The Bertz CT molecular complexity index is 642. The van der Waals surface area contributed by atoms with Crippen molar-refractivity contribution in [1.82, 2.24) is 20.0 Å². The SMILES string of the molecule is C/C(=N\[S@+]([O-])C(C)(C)C)c1ccc(-c2cn(C)nn2)nc1. The van der Waals surface area contributed by atoms with E-state index in [0.29, 0.717) is 5.71 Å². The molecule has 112 valence electrons. The van der Waals surface area contributed by atoms with Gasteiger partial charge in [0.1, 0.15) is 21.8 Å². The standard InChI is InChI=1S/C14H19N5OS/c1-10(17-21(20)14(2,3)4)11-6-7-12(15-8-11)13-9-19(5)18-16-13/h6-9H,1-5H3/b17-10+/t21-/m1/s1. The van der Waals surface area contributed by atoms with Crippen LogP contribution >= 0.6 is 0 Å². The molecule has 0 radical (unpaired) electrons. The van der Waals surface area contributed by atoms with Crippen LogP contribution in [0.5, 0.6) is 0 Å². The van der Waals surface area contributed by atoms with Crippen LogP contribution in [0.15, 0.2) is 28.9 Å². The summed E-state index contributed by atoms with van der Waals surface area (Å²) in [6.07, 6.45) is 3.51. The summed E-state index contributed by atoms with van der Waals surface area (Å²) in [5.74, 6) is 0. The van der Waals surface area contributed by atoms with Gasteiger partial charge < -0.3 is 4.55 Å². The van der Waals surface area contributed by atoms with Crippen LogP contribution < -0.4 is 0 Å². The lowest BCUT2D eigenvalue weighted by atomic mass is 10.2. The minimum absolute atomic E-state index is 0.367. The van der Waals surface area contributed by atoms with Gasteiger partial charge in [-0.05, 0) is 39.8 Å². The molecule has 0 aliphatic heterocycles. The lowest BCUT2D eigenvalue weighted by molar-refractivity contribution is 0.561. The van der Waals surface area contributed by atoms with Crippen molar-refractivity contribution in [2.45, 2.75) is 32.4 Å². The summed E-state index contributed by atoms with van der Waals surface area (Å²) in [5.41, 5.74) is 3.02. The molecule has 7 heteroatoms. The maximum Gasteiger partial charge on any atom is 0.144 e. The van der Waals surface area contributed by atoms with Crippen molar-refractivity contribution in [3.63, 3.8) is 0 Å². The lowest BCUT2D eigenvalue weighted by Crippen LogP contribution is -2.26. The second-order valence-corrected chi connectivity index (χ2v) is 7.65. The molecule has 0 bridgehead atoms. The second-order valence-electron chi connectivity index (χ2n) is 5.75. The number of aromatic nitrogens is 4. The fourth-order valence-corrected chi connectivity index (χ4v) is 2.17. The molecule has 2 aromatic heterocycles. The summed E-state index contributed by atoms with van der Waals surface area (Å²) in [5, 5.41) is 7.89. The molecule has 0 amide bonds. The maximum absolute atomic E-state index is 12.0. The first-order valence-electron chi connectivity index (χ1n) is 6.58. The van der Waals surface area contributed by atoms with Gasteiger partial charge in [0.25, 0.3) is 0 Å². The normalized spacial score (nSPS) is 14.3. The highest BCUT2D eigenvalue weighted by molar-refractivity contribution is 7.91. The van der Waals surface area contributed by atoms with Crippen LogP contribution in [-0.2, 0) is 18.4 Å².